The summed E-state index contributed by atoms with van der Waals surface area (Å²) in [6.07, 6.45) is 1.73. The minimum absolute atomic E-state index is 0.105. The molecule has 1 aromatic carbocycles. The lowest BCUT2D eigenvalue weighted by Crippen LogP contribution is -1.99. The minimum Gasteiger partial charge on any atom is -0.250 e. The molecule has 0 atom stereocenters. The maximum Gasteiger partial charge on any atom is 0.184 e. The van der Waals surface area contributed by atoms with Crippen molar-refractivity contribution in [1.82, 2.24) is 4.98 Å². The van der Waals surface area contributed by atoms with Crippen LogP contribution in [0.25, 0.3) is 10.9 Å². The smallest absolute Gasteiger partial charge is 0.184 e. The van der Waals surface area contributed by atoms with Crippen molar-refractivity contribution in [3.63, 3.8) is 0 Å². The molecule has 0 fully saturated rings. The third-order valence-electron chi connectivity index (χ3n) is 3.49. The van der Waals surface area contributed by atoms with Gasteiger partial charge in [0.25, 0.3) is 0 Å². The van der Waals surface area contributed by atoms with Crippen molar-refractivity contribution in [2.24, 2.45) is 0 Å². The van der Waals surface area contributed by atoms with Crippen LogP contribution in [0.3, 0.4) is 0 Å². The van der Waals surface area contributed by atoms with Crippen molar-refractivity contribution >= 4 is 38.2 Å². The summed E-state index contributed by atoms with van der Waals surface area (Å²) in [5.74, 6) is -1.73. The summed E-state index contributed by atoms with van der Waals surface area (Å²) < 4.78 is 28.1. The Balaban J connectivity index is 1.94. The highest BCUT2D eigenvalue weighted by Crippen LogP contribution is 2.26. The molecule has 5 heteroatoms. The van der Waals surface area contributed by atoms with E-state index >= 15 is 0 Å². The van der Waals surface area contributed by atoms with Crippen LogP contribution in [0, 0.1) is 18.6 Å². The molecule has 1 nitrogen and oxygen atoms in total. The van der Waals surface area contributed by atoms with Gasteiger partial charge in [0, 0.05) is 20.4 Å². The molecule has 2 aromatic heterocycles. The monoisotopic (exact) mass is 367 g/mol. The Morgan fingerprint density at radius 3 is 2.71 bits per heavy atom. The SMILES string of the molecule is Cc1nc2c(F)c(F)ccc2cc1CCc1sccc1Br. The molecule has 2 heterocycles. The number of rotatable bonds is 3. The molecule has 108 valence electrons. The van der Waals surface area contributed by atoms with Crippen LogP contribution in [0.2, 0.25) is 0 Å². The van der Waals surface area contributed by atoms with Gasteiger partial charge in [-0.3, -0.25) is 0 Å². The van der Waals surface area contributed by atoms with Gasteiger partial charge < -0.3 is 0 Å². The number of fused-ring (bicyclic) bond motifs is 1. The van der Waals surface area contributed by atoms with Gasteiger partial charge in [-0.2, -0.15) is 0 Å². The molecule has 21 heavy (non-hydrogen) atoms. The molecule has 0 spiro atoms. The molecule has 0 bridgehead atoms. The first-order valence-electron chi connectivity index (χ1n) is 6.52. The van der Waals surface area contributed by atoms with Gasteiger partial charge in [-0.1, -0.05) is 0 Å². The fourth-order valence-corrected chi connectivity index (χ4v) is 3.88. The quantitative estimate of drug-likeness (QED) is 0.601. The topological polar surface area (TPSA) is 12.9 Å². The Bertz CT molecular complexity index is 813. The Labute approximate surface area is 133 Å². The van der Waals surface area contributed by atoms with Crippen LogP contribution in [-0.2, 0) is 12.8 Å². The fourth-order valence-electron chi connectivity index (χ4n) is 2.32. The number of thiophene rings is 1. The lowest BCUT2D eigenvalue weighted by atomic mass is 10.0. The highest BCUT2D eigenvalue weighted by molar-refractivity contribution is 9.10. The fraction of sp³-hybridized carbons (Fsp3) is 0.188. The van der Waals surface area contributed by atoms with Crippen molar-refractivity contribution in [3.8, 4) is 0 Å². The Morgan fingerprint density at radius 1 is 1.19 bits per heavy atom. The van der Waals surface area contributed by atoms with E-state index < -0.39 is 11.6 Å². The molecule has 0 aliphatic rings. The summed E-state index contributed by atoms with van der Waals surface area (Å²) in [7, 11) is 0. The number of nitrogens with zero attached hydrogens (tertiary/aromatic N) is 1. The minimum atomic E-state index is -0.872. The number of aromatic nitrogens is 1. The molecule has 0 unspecified atom stereocenters. The first-order valence-corrected chi connectivity index (χ1v) is 8.19. The van der Waals surface area contributed by atoms with Gasteiger partial charge in [0.05, 0.1) is 0 Å². The van der Waals surface area contributed by atoms with E-state index in [1.54, 1.807) is 17.4 Å². The number of halogens is 3. The Morgan fingerprint density at radius 2 is 2.00 bits per heavy atom. The van der Waals surface area contributed by atoms with E-state index in [4.69, 9.17) is 0 Å². The summed E-state index contributed by atoms with van der Waals surface area (Å²) >= 11 is 5.22. The van der Waals surface area contributed by atoms with E-state index in [1.165, 1.54) is 4.88 Å². The molecule has 3 rings (SSSR count). The average Bonchev–Trinajstić information content (AvgIpc) is 2.87. The molecule has 0 saturated carbocycles. The number of hydrogen-bond donors (Lipinski definition) is 0. The van der Waals surface area contributed by atoms with Crippen LogP contribution in [0.1, 0.15) is 16.1 Å². The summed E-state index contributed by atoms with van der Waals surface area (Å²) in [6.45, 7) is 1.84. The molecule has 0 saturated heterocycles. The zero-order valence-electron chi connectivity index (χ0n) is 11.3. The van der Waals surface area contributed by atoms with Gasteiger partial charge in [0.1, 0.15) is 5.52 Å². The van der Waals surface area contributed by atoms with Crippen LogP contribution < -0.4 is 0 Å². The van der Waals surface area contributed by atoms with Gasteiger partial charge in [-0.15, -0.1) is 11.3 Å². The predicted octanol–water partition coefficient (Wildman–Crippen LogP) is 5.43. The van der Waals surface area contributed by atoms with Crippen LogP contribution in [0.15, 0.2) is 34.1 Å². The summed E-state index contributed by atoms with van der Waals surface area (Å²) in [6, 6.07) is 6.66. The third-order valence-corrected chi connectivity index (χ3v) is 5.47. The van der Waals surface area contributed by atoms with E-state index in [2.05, 4.69) is 20.9 Å². The van der Waals surface area contributed by atoms with Crippen molar-refractivity contribution in [1.29, 1.82) is 0 Å². The standard InChI is InChI=1S/C16H12BrF2NS/c1-9-10(3-5-14-12(17)6-7-21-14)8-11-2-4-13(18)15(19)16(11)20-9/h2,4,6-8H,3,5H2,1H3. The third kappa shape index (κ3) is 2.85. The van der Waals surface area contributed by atoms with E-state index in [9.17, 15) is 8.78 Å². The van der Waals surface area contributed by atoms with E-state index in [1.807, 2.05) is 24.4 Å². The maximum atomic E-state index is 13.7. The van der Waals surface area contributed by atoms with Gasteiger partial charge in [0.2, 0.25) is 0 Å². The highest BCUT2D eigenvalue weighted by Gasteiger charge is 2.11. The molecule has 0 radical (unpaired) electrons. The lowest BCUT2D eigenvalue weighted by molar-refractivity contribution is 0.515. The normalized spacial score (nSPS) is 11.2. The average molecular weight is 368 g/mol. The van der Waals surface area contributed by atoms with Gasteiger partial charge in [0.15, 0.2) is 11.6 Å². The van der Waals surface area contributed by atoms with Crippen molar-refractivity contribution < 1.29 is 8.78 Å². The molecular weight excluding hydrogens is 356 g/mol. The van der Waals surface area contributed by atoms with Gasteiger partial charge in [-0.25, -0.2) is 13.8 Å². The van der Waals surface area contributed by atoms with Crippen molar-refractivity contribution in [3.05, 3.63) is 61.9 Å². The largest absolute Gasteiger partial charge is 0.250 e. The maximum absolute atomic E-state index is 13.7. The van der Waals surface area contributed by atoms with Crippen molar-refractivity contribution in [2.45, 2.75) is 19.8 Å². The van der Waals surface area contributed by atoms with Crippen molar-refractivity contribution in [2.75, 3.05) is 0 Å². The molecule has 3 aromatic rings. The van der Waals surface area contributed by atoms with E-state index in [0.717, 1.165) is 34.6 Å². The van der Waals surface area contributed by atoms with Crippen LogP contribution >= 0.6 is 27.3 Å². The zero-order valence-corrected chi connectivity index (χ0v) is 13.7. The molecule has 0 N–H and O–H groups in total. The van der Waals surface area contributed by atoms with Crippen LogP contribution in [0.4, 0.5) is 8.78 Å². The lowest BCUT2D eigenvalue weighted by Gasteiger charge is -2.08. The van der Waals surface area contributed by atoms with Gasteiger partial charge >= 0.3 is 0 Å². The summed E-state index contributed by atoms with van der Waals surface area (Å²) in [4.78, 5) is 5.51. The zero-order chi connectivity index (χ0) is 15.0. The number of benzene rings is 1. The molecule has 0 amide bonds. The van der Waals surface area contributed by atoms with Gasteiger partial charge in [-0.05, 0) is 70.9 Å². The molecular formula is C16H12BrF2NS. The van der Waals surface area contributed by atoms with Crippen LogP contribution in [0.5, 0.6) is 0 Å². The molecule has 0 aliphatic heterocycles. The second kappa shape index (κ2) is 5.81. The summed E-state index contributed by atoms with van der Waals surface area (Å²) in [5.41, 5.74) is 1.92. The number of aryl methyl sites for hydroxylation is 3. The number of pyridine rings is 1. The number of hydrogen-bond acceptors (Lipinski definition) is 2. The summed E-state index contributed by atoms with van der Waals surface area (Å²) in [5, 5.41) is 2.68. The first-order chi connectivity index (χ1) is 10.1. The second-order valence-corrected chi connectivity index (χ2v) is 6.71. The Hall–Kier alpha value is -1.33. The van der Waals surface area contributed by atoms with E-state index in [0.29, 0.717) is 5.39 Å². The van der Waals surface area contributed by atoms with Crippen LogP contribution in [-0.4, -0.2) is 4.98 Å². The highest BCUT2D eigenvalue weighted by atomic mass is 79.9. The van der Waals surface area contributed by atoms with E-state index in [-0.39, 0.29) is 5.52 Å². The first kappa shape index (κ1) is 14.6. The predicted molar refractivity (Wildman–Crippen MR) is 85.8 cm³/mol. The molecule has 0 aliphatic carbocycles. The second-order valence-electron chi connectivity index (χ2n) is 4.86. The Kier molecular flexibility index (Phi) is 4.04.